The molecule has 0 atom stereocenters. The van der Waals surface area contributed by atoms with Crippen LogP contribution in [0.15, 0.2) is 22.8 Å². The second-order valence-electron chi connectivity index (χ2n) is 5.15. The van der Waals surface area contributed by atoms with Crippen LogP contribution in [0, 0.1) is 6.92 Å². The highest BCUT2D eigenvalue weighted by Gasteiger charge is 2.33. The minimum Gasteiger partial charge on any atom is -0.294 e. The van der Waals surface area contributed by atoms with E-state index in [0.717, 1.165) is 10.9 Å². The number of sulfonamides is 1. The van der Waals surface area contributed by atoms with Crippen LogP contribution in [0.1, 0.15) is 35.4 Å². The van der Waals surface area contributed by atoms with Gasteiger partial charge in [0, 0.05) is 10.7 Å². The molecule has 1 aliphatic rings. The molecule has 1 fully saturated rings. The summed E-state index contributed by atoms with van der Waals surface area (Å²) in [5.41, 5.74) is 1.34. The molecule has 2 aromatic heterocycles. The van der Waals surface area contributed by atoms with Gasteiger partial charge >= 0.3 is 0 Å². The smallest absolute Gasteiger partial charge is 0.283 e. The number of aryl methyl sites for hydroxylation is 1. The second-order valence-corrected chi connectivity index (χ2v) is 8.03. The lowest BCUT2D eigenvalue weighted by atomic mass is 10.0. The first-order valence-corrected chi connectivity index (χ1v) is 8.92. The van der Waals surface area contributed by atoms with E-state index in [1.165, 1.54) is 0 Å². The minimum atomic E-state index is -3.60. The molecule has 6 nitrogen and oxygen atoms in total. The molecule has 2 aromatic rings. The quantitative estimate of drug-likeness (QED) is 0.894. The van der Waals surface area contributed by atoms with Crippen molar-refractivity contribution in [3.8, 4) is 0 Å². The van der Waals surface area contributed by atoms with Crippen LogP contribution in [0.25, 0.3) is 5.65 Å². The Morgan fingerprint density at radius 2 is 2.14 bits per heavy atom. The molecule has 1 N–H and O–H groups in total. The molecule has 1 aliphatic carbocycles. The molecule has 1 amide bonds. The number of carbonyl (C=O) groups is 1. The predicted molar refractivity (Wildman–Crippen MR) is 81.7 cm³/mol. The number of hydrogen-bond acceptors (Lipinski definition) is 4. The van der Waals surface area contributed by atoms with Crippen molar-refractivity contribution in [2.24, 2.45) is 0 Å². The van der Waals surface area contributed by atoms with E-state index in [-0.39, 0.29) is 5.69 Å². The van der Waals surface area contributed by atoms with Crippen LogP contribution in [0.2, 0.25) is 0 Å². The van der Waals surface area contributed by atoms with Crippen molar-refractivity contribution in [3.05, 3.63) is 34.2 Å². The number of fused-ring (bicyclic) bond motifs is 1. The van der Waals surface area contributed by atoms with Gasteiger partial charge in [-0.25, -0.2) is 18.1 Å². The minimum absolute atomic E-state index is 0.245. The summed E-state index contributed by atoms with van der Waals surface area (Å²) >= 11 is 3.33. The maximum atomic E-state index is 12.3. The fourth-order valence-corrected chi connectivity index (χ4v) is 4.16. The summed E-state index contributed by atoms with van der Waals surface area (Å²) in [4.78, 5) is 16.6. The highest BCUT2D eigenvalue weighted by Crippen LogP contribution is 2.25. The first-order chi connectivity index (χ1) is 9.88. The lowest BCUT2D eigenvalue weighted by molar-refractivity contribution is 0.0974. The van der Waals surface area contributed by atoms with Crippen molar-refractivity contribution in [2.75, 3.05) is 0 Å². The van der Waals surface area contributed by atoms with Crippen molar-refractivity contribution in [1.29, 1.82) is 0 Å². The van der Waals surface area contributed by atoms with E-state index in [0.29, 0.717) is 24.2 Å². The Bertz CT molecular complexity index is 825. The molecule has 0 unspecified atom stereocenters. The second kappa shape index (κ2) is 5.10. The number of nitrogens with zero attached hydrogens (tertiary/aromatic N) is 2. The van der Waals surface area contributed by atoms with E-state index in [1.54, 1.807) is 23.6 Å². The molecular weight excluding hydrogens is 358 g/mol. The first kappa shape index (κ1) is 14.5. The highest BCUT2D eigenvalue weighted by molar-refractivity contribution is 9.10. The molecule has 8 heteroatoms. The maximum absolute atomic E-state index is 12.3. The van der Waals surface area contributed by atoms with E-state index >= 15 is 0 Å². The van der Waals surface area contributed by atoms with Crippen molar-refractivity contribution in [3.63, 3.8) is 0 Å². The number of hydrogen-bond donors (Lipinski definition) is 1. The Balaban J connectivity index is 1.98. The van der Waals surface area contributed by atoms with E-state index < -0.39 is 21.2 Å². The maximum Gasteiger partial charge on any atom is 0.283 e. The largest absolute Gasteiger partial charge is 0.294 e. The van der Waals surface area contributed by atoms with Gasteiger partial charge in [0.05, 0.1) is 10.9 Å². The van der Waals surface area contributed by atoms with Crippen LogP contribution in [0.4, 0.5) is 0 Å². The summed E-state index contributed by atoms with van der Waals surface area (Å²) in [6.45, 7) is 1.69. The third-order valence-electron chi connectivity index (χ3n) is 3.70. The van der Waals surface area contributed by atoms with Gasteiger partial charge < -0.3 is 0 Å². The standard InChI is InChI=1S/C13H14BrN3O3S/c1-8-12(17-7-9(14)5-6-11(17)15-8)13(18)16-21(19,20)10-3-2-4-10/h5-7,10H,2-4H2,1H3,(H,16,18). The number of carbonyl (C=O) groups excluding carboxylic acids is 1. The van der Waals surface area contributed by atoms with Gasteiger partial charge in [-0.3, -0.25) is 9.20 Å². The Hall–Kier alpha value is -1.41. The summed E-state index contributed by atoms with van der Waals surface area (Å²) in [5.74, 6) is -0.634. The van der Waals surface area contributed by atoms with Crippen LogP contribution in [0.3, 0.4) is 0 Å². The Morgan fingerprint density at radius 3 is 2.76 bits per heavy atom. The summed E-state index contributed by atoms with van der Waals surface area (Å²) in [6.07, 6.45) is 3.81. The topological polar surface area (TPSA) is 80.5 Å². The molecule has 3 rings (SSSR count). The molecule has 112 valence electrons. The number of pyridine rings is 1. The van der Waals surface area contributed by atoms with Crippen molar-refractivity contribution >= 4 is 37.5 Å². The fourth-order valence-electron chi connectivity index (χ4n) is 2.35. The van der Waals surface area contributed by atoms with Gasteiger partial charge in [0.15, 0.2) is 0 Å². The van der Waals surface area contributed by atoms with Gasteiger partial charge in [-0.1, -0.05) is 6.42 Å². The van der Waals surface area contributed by atoms with Crippen LogP contribution in [-0.2, 0) is 10.0 Å². The molecule has 0 bridgehead atoms. The number of aromatic nitrogens is 2. The number of imidazole rings is 1. The van der Waals surface area contributed by atoms with Gasteiger partial charge in [0.25, 0.3) is 5.91 Å². The van der Waals surface area contributed by atoms with Gasteiger partial charge in [-0.2, -0.15) is 0 Å². The van der Waals surface area contributed by atoms with Crippen LogP contribution in [-0.4, -0.2) is 29.0 Å². The zero-order valence-corrected chi connectivity index (χ0v) is 13.7. The fraction of sp³-hybridized carbons (Fsp3) is 0.385. The number of nitrogens with one attached hydrogen (secondary N) is 1. The van der Waals surface area contributed by atoms with E-state index in [4.69, 9.17) is 0 Å². The SMILES string of the molecule is Cc1nc2ccc(Br)cn2c1C(=O)NS(=O)(=O)C1CCC1. The molecule has 0 spiro atoms. The molecule has 0 radical (unpaired) electrons. The molecule has 0 aromatic carbocycles. The monoisotopic (exact) mass is 371 g/mol. The van der Waals surface area contributed by atoms with Crippen molar-refractivity contribution in [1.82, 2.24) is 14.1 Å². The lowest BCUT2D eigenvalue weighted by Crippen LogP contribution is -2.42. The molecular formula is C13H14BrN3O3S. The average molecular weight is 372 g/mol. The summed E-state index contributed by atoms with van der Waals surface area (Å²) in [5, 5.41) is -0.451. The van der Waals surface area contributed by atoms with Gasteiger partial charge in [0.1, 0.15) is 11.3 Å². The van der Waals surface area contributed by atoms with E-state index in [9.17, 15) is 13.2 Å². The Kier molecular flexibility index (Phi) is 3.53. The zero-order valence-electron chi connectivity index (χ0n) is 11.3. The van der Waals surface area contributed by atoms with Gasteiger partial charge in [-0.15, -0.1) is 0 Å². The number of rotatable bonds is 3. The van der Waals surface area contributed by atoms with Crippen LogP contribution in [0.5, 0.6) is 0 Å². The van der Waals surface area contributed by atoms with E-state index in [2.05, 4.69) is 25.6 Å². The third kappa shape index (κ3) is 2.57. The average Bonchev–Trinajstić information content (AvgIpc) is 2.60. The number of halogens is 1. The summed E-state index contributed by atoms with van der Waals surface area (Å²) in [7, 11) is -3.60. The summed E-state index contributed by atoms with van der Waals surface area (Å²) in [6, 6.07) is 3.57. The molecule has 0 saturated heterocycles. The van der Waals surface area contributed by atoms with Crippen LogP contribution < -0.4 is 4.72 Å². The first-order valence-electron chi connectivity index (χ1n) is 6.58. The molecule has 0 aliphatic heterocycles. The third-order valence-corrected chi connectivity index (χ3v) is 5.99. The molecule has 21 heavy (non-hydrogen) atoms. The normalized spacial score (nSPS) is 15.9. The molecule has 2 heterocycles. The summed E-state index contributed by atoms with van der Waals surface area (Å²) < 4.78 is 28.7. The van der Waals surface area contributed by atoms with E-state index in [1.807, 2.05) is 6.07 Å². The predicted octanol–water partition coefficient (Wildman–Crippen LogP) is 2.02. The van der Waals surface area contributed by atoms with Gasteiger partial charge in [0.2, 0.25) is 10.0 Å². The Labute approximate surface area is 130 Å². The van der Waals surface area contributed by atoms with Crippen LogP contribution >= 0.6 is 15.9 Å². The zero-order chi connectivity index (χ0) is 15.2. The molecule has 1 saturated carbocycles. The van der Waals surface area contributed by atoms with Crippen molar-refractivity contribution < 1.29 is 13.2 Å². The lowest BCUT2D eigenvalue weighted by Gasteiger charge is -2.25. The van der Waals surface area contributed by atoms with Gasteiger partial charge in [-0.05, 0) is 47.8 Å². The highest BCUT2D eigenvalue weighted by atomic mass is 79.9. The Morgan fingerprint density at radius 1 is 1.43 bits per heavy atom. The van der Waals surface area contributed by atoms with Crippen molar-refractivity contribution in [2.45, 2.75) is 31.4 Å². The number of amides is 1.